The third-order valence-electron chi connectivity index (χ3n) is 10.2. The number of anilines is 2. The largest absolute Gasteiger partial charge is 0.493 e. The number of methoxy groups -OCH3 is 2. The summed E-state index contributed by atoms with van der Waals surface area (Å²) in [5.74, 6) is 1.02. The number of nitrogens with two attached hydrogens (primary N) is 1. The normalized spacial score (nSPS) is 16.7. The summed E-state index contributed by atoms with van der Waals surface area (Å²) in [6.07, 6.45) is 6.41. The molecule has 2 aliphatic heterocycles. The van der Waals surface area contributed by atoms with Crippen LogP contribution in [0.25, 0.3) is 33.4 Å². The van der Waals surface area contributed by atoms with Gasteiger partial charge in [-0.3, -0.25) is 9.59 Å². The van der Waals surface area contributed by atoms with E-state index in [2.05, 4.69) is 10.3 Å². The molecule has 55 heavy (non-hydrogen) atoms. The fourth-order valence-electron chi connectivity index (χ4n) is 6.90. The van der Waals surface area contributed by atoms with Gasteiger partial charge in [-0.2, -0.15) is 0 Å². The Labute approximate surface area is 320 Å². The number of nitrogens with one attached hydrogen (secondary N) is 1. The van der Waals surface area contributed by atoms with E-state index < -0.39 is 11.5 Å². The van der Waals surface area contributed by atoms with Crippen LogP contribution in [-0.4, -0.2) is 81.0 Å². The highest BCUT2D eigenvalue weighted by Gasteiger charge is 2.33. The van der Waals surface area contributed by atoms with Gasteiger partial charge in [0.25, 0.3) is 5.91 Å². The fourth-order valence-corrected chi connectivity index (χ4v) is 6.90. The molecule has 7 rings (SSSR count). The molecule has 0 saturated carbocycles. The number of ether oxygens (including phenoxy) is 6. The van der Waals surface area contributed by atoms with Crippen LogP contribution >= 0.6 is 0 Å². The zero-order chi connectivity index (χ0) is 38.4. The van der Waals surface area contributed by atoms with E-state index in [9.17, 15) is 9.59 Å². The molecular formula is C43H46N4O8. The Bertz CT molecular complexity index is 2170. The number of benzene rings is 3. The van der Waals surface area contributed by atoms with Crippen LogP contribution in [0.3, 0.4) is 0 Å². The molecule has 2 saturated heterocycles. The van der Waals surface area contributed by atoms with Crippen molar-refractivity contribution in [2.24, 2.45) is 0 Å². The lowest BCUT2D eigenvalue weighted by Crippen LogP contribution is -2.42. The summed E-state index contributed by atoms with van der Waals surface area (Å²) < 4.78 is 36.3. The Kier molecular flexibility index (Phi) is 11.6. The maximum Gasteiger partial charge on any atom is 0.261 e. The maximum atomic E-state index is 13.9. The Morgan fingerprint density at radius 3 is 2.31 bits per heavy atom. The SMILES string of the molecule is COc1cc(-c2cnc(N)c(-c3ccc(NC(=O)c4cn(CC5(OC)CCOCC5)cc(-c5ccc(C)cc5)c4=O)cc3)c2)ccc1OC[C@H]1COCCO1. The number of nitrogen functional groups attached to an aromatic ring is 1. The van der Waals surface area contributed by atoms with Crippen molar-refractivity contribution in [2.45, 2.75) is 38.0 Å². The maximum absolute atomic E-state index is 13.9. The molecule has 0 unspecified atom stereocenters. The number of aromatic nitrogens is 2. The number of aryl methyl sites for hydroxylation is 1. The molecule has 3 N–H and O–H groups in total. The lowest BCUT2D eigenvalue weighted by molar-refractivity contribution is -0.101. The van der Waals surface area contributed by atoms with Gasteiger partial charge in [-0.25, -0.2) is 4.98 Å². The number of rotatable bonds is 12. The Hall–Kier alpha value is -5.53. The Morgan fingerprint density at radius 1 is 0.873 bits per heavy atom. The average molecular weight is 747 g/mol. The predicted molar refractivity (Wildman–Crippen MR) is 211 cm³/mol. The van der Waals surface area contributed by atoms with Gasteiger partial charge in [0.15, 0.2) is 11.5 Å². The molecule has 2 aliphatic rings. The summed E-state index contributed by atoms with van der Waals surface area (Å²) in [6.45, 7) is 5.60. The molecule has 12 nitrogen and oxygen atoms in total. The highest BCUT2D eigenvalue weighted by Crippen LogP contribution is 2.36. The zero-order valence-corrected chi connectivity index (χ0v) is 31.3. The molecule has 1 amide bonds. The smallest absolute Gasteiger partial charge is 0.261 e. The van der Waals surface area contributed by atoms with Gasteiger partial charge in [0, 0.05) is 74.1 Å². The number of amides is 1. The van der Waals surface area contributed by atoms with Crippen LogP contribution in [0.5, 0.6) is 11.5 Å². The second-order valence-corrected chi connectivity index (χ2v) is 13.9. The third-order valence-corrected chi connectivity index (χ3v) is 10.2. The van der Waals surface area contributed by atoms with Crippen LogP contribution in [0.2, 0.25) is 0 Å². The van der Waals surface area contributed by atoms with Crippen LogP contribution in [0.4, 0.5) is 11.5 Å². The number of pyridine rings is 2. The van der Waals surface area contributed by atoms with Crippen LogP contribution in [0.1, 0.15) is 28.8 Å². The number of hydrogen-bond donors (Lipinski definition) is 2. The van der Waals surface area contributed by atoms with E-state index in [1.807, 2.05) is 78.4 Å². The van der Waals surface area contributed by atoms with Gasteiger partial charge < -0.3 is 44.0 Å². The Balaban J connectivity index is 1.11. The van der Waals surface area contributed by atoms with Gasteiger partial charge in [-0.05, 0) is 53.9 Å². The zero-order valence-electron chi connectivity index (χ0n) is 31.3. The monoisotopic (exact) mass is 746 g/mol. The molecule has 4 heterocycles. The molecule has 1 atom stereocenters. The van der Waals surface area contributed by atoms with Crippen LogP contribution in [0, 0.1) is 6.92 Å². The van der Waals surface area contributed by atoms with Crippen molar-refractivity contribution < 1.29 is 33.2 Å². The van der Waals surface area contributed by atoms with Crippen molar-refractivity contribution in [3.8, 4) is 44.9 Å². The van der Waals surface area contributed by atoms with E-state index in [0.29, 0.717) is 87.6 Å². The number of nitrogens with zero attached hydrogens (tertiary/aromatic N) is 2. The first-order valence-corrected chi connectivity index (χ1v) is 18.4. The minimum atomic E-state index is -0.511. The van der Waals surface area contributed by atoms with Gasteiger partial charge in [0.1, 0.15) is 24.1 Å². The molecule has 2 fully saturated rings. The molecule has 5 aromatic rings. The molecule has 3 aromatic carbocycles. The van der Waals surface area contributed by atoms with E-state index in [4.69, 9.17) is 34.2 Å². The summed E-state index contributed by atoms with van der Waals surface area (Å²) in [4.78, 5) is 32.2. The molecule has 0 spiro atoms. The lowest BCUT2D eigenvalue weighted by Gasteiger charge is -2.36. The van der Waals surface area contributed by atoms with Crippen molar-refractivity contribution in [2.75, 3.05) is 64.9 Å². The fraction of sp³-hybridized carbons (Fsp3) is 0.326. The third kappa shape index (κ3) is 8.73. The standard InChI is InChI=1S/C43H46N4O8/c1-28-4-6-30(7-5-28)36-23-47(27-43(51-3)14-16-52-17-15-43)24-37(40(36)48)42(49)46-33-11-8-29(9-12-33)35-20-32(22-45-41(35)44)31-10-13-38(39(21-31)50-2)55-26-34-25-53-18-19-54-34/h4-13,20-24,34H,14-19,25-27H2,1-3H3,(H2,44,45)(H,46,49)/t34-/m1/s1. The van der Waals surface area contributed by atoms with Gasteiger partial charge in [0.2, 0.25) is 5.43 Å². The highest BCUT2D eigenvalue weighted by molar-refractivity contribution is 6.04. The minimum absolute atomic E-state index is 0.0322. The van der Waals surface area contributed by atoms with E-state index in [1.165, 1.54) is 0 Å². The predicted octanol–water partition coefficient (Wildman–Crippen LogP) is 6.39. The Morgan fingerprint density at radius 2 is 1.60 bits per heavy atom. The summed E-state index contributed by atoms with van der Waals surface area (Å²) in [5, 5.41) is 2.93. The second kappa shape index (κ2) is 16.9. The van der Waals surface area contributed by atoms with Crippen LogP contribution in [0.15, 0.2) is 96.2 Å². The van der Waals surface area contributed by atoms with Crippen LogP contribution < -0.4 is 26.0 Å². The number of hydrogen-bond acceptors (Lipinski definition) is 10. The summed E-state index contributed by atoms with van der Waals surface area (Å²) in [6, 6.07) is 22.6. The molecule has 12 heteroatoms. The molecular weight excluding hydrogens is 700 g/mol. The first-order chi connectivity index (χ1) is 26.7. The number of carbonyl (C=O) groups excluding carboxylic acids is 1. The molecule has 0 radical (unpaired) electrons. The first-order valence-electron chi connectivity index (χ1n) is 18.4. The average Bonchev–Trinajstić information content (AvgIpc) is 3.22. The van der Waals surface area contributed by atoms with E-state index >= 15 is 0 Å². The minimum Gasteiger partial charge on any atom is -0.493 e. The van der Waals surface area contributed by atoms with E-state index in [1.54, 1.807) is 38.7 Å². The quantitative estimate of drug-likeness (QED) is 0.147. The van der Waals surface area contributed by atoms with Gasteiger partial charge in [-0.1, -0.05) is 48.0 Å². The van der Waals surface area contributed by atoms with Crippen molar-refractivity contribution in [3.63, 3.8) is 0 Å². The summed E-state index contributed by atoms with van der Waals surface area (Å²) in [7, 11) is 3.29. The lowest BCUT2D eigenvalue weighted by atomic mass is 9.93. The van der Waals surface area contributed by atoms with Gasteiger partial charge >= 0.3 is 0 Å². The highest BCUT2D eigenvalue weighted by atomic mass is 16.6. The van der Waals surface area contributed by atoms with Gasteiger partial charge in [0.05, 0.1) is 39.1 Å². The molecule has 0 aliphatic carbocycles. The van der Waals surface area contributed by atoms with Crippen molar-refractivity contribution in [1.82, 2.24) is 9.55 Å². The van der Waals surface area contributed by atoms with E-state index in [0.717, 1.165) is 33.4 Å². The van der Waals surface area contributed by atoms with Crippen molar-refractivity contribution >= 4 is 17.4 Å². The van der Waals surface area contributed by atoms with Crippen molar-refractivity contribution in [3.05, 3.63) is 113 Å². The van der Waals surface area contributed by atoms with E-state index in [-0.39, 0.29) is 17.1 Å². The van der Waals surface area contributed by atoms with Crippen LogP contribution in [-0.2, 0) is 25.5 Å². The molecule has 2 aromatic heterocycles. The van der Waals surface area contributed by atoms with Crippen molar-refractivity contribution in [1.29, 1.82) is 0 Å². The topological polar surface area (TPSA) is 145 Å². The van der Waals surface area contributed by atoms with Gasteiger partial charge in [-0.15, -0.1) is 0 Å². The summed E-state index contributed by atoms with van der Waals surface area (Å²) >= 11 is 0. The second-order valence-electron chi connectivity index (χ2n) is 13.9. The number of carbonyl (C=O) groups is 1. The first kappa shape index (κ1) is 37.8. The molecule has 286 valence electrons. The summed E-state index contributed by atoms with van der Waals surface area (Å²) in [5.41, 5.74) is 11.6. The molecule has 0 bridgehead atoms.